The topological polar surface area (TPSA) is 81.9 Å². The number of ether oxygens (including phenoxy) is 1. The van der Waals surface area contributed by atoms with Crippen molar-refractivity contribution in [2.75, 3.05) is 19.5 Å². The minimum Gasteiger partial charge on any atom is -0.383 e. The molecule has 0 saturated heterocycles. The van der Waals surface area contributed by atoms with E-state index in [1.165, 1.54) is 17.3 Å². The van der Waals surface area contributed by atoms with Crippen LogP contribution in [-0.4, -0.2) is 51.6 Å². The maximum absolute atomic E-state index is 11.9. The Bertz CT molecular complexity index is 674. The molecule has 7 nitrogen and oxygen atoms in total. The molecule has 8 heteroatoms. The highest BCUT2D eigenvalue weighted by Gasteiger charge is 2.14. The minimum atomic E-state index is -0.0743. The molecule has 1 atom stereocenters. The van der Waals surface area contributed by atoms with Gasteiger partial charge in [0.2, 0.25) is 11.1 Å². The van der Waals surface area contributed by atoms with E-state index in [4.69, 9.17) is 4.74 Å². The Morgan fingerprint density at radius 3 is 2.91 bits per heavy atom. The third-order valence-electron chi connectivity index (χ3n) is 3.18. The standard InChI is InChI=1S/C15H21N5O2S/c1-10-5-6-13(11(2)7-10)20-15(17-18-19-20)23-9-14(21)16-12(3)8-22-4/h5-7,12H,8-9H2,1-4H3,(H,16,21). The van der Waals surface area contributed by atoms with Crippen LogP contribution < -0.4 is 5.32 Å². The Labute approximate surface area is 139 Å². The Balaban J connectivity index is 2.03. The lowest BCUT2D eigenvalue weighted by Gasteiger charge is -2.12. The third kappa shape index (κ3) is 4.77. The van der Waals surface area contributed by atoms with Crippen molar-refractivity contribution in [3.63, 3.8) is 0 Å². The predicted molar refractivity (Wildman–Crippen MR) is 88.8 cm³/mol. The van der Waals surface area contributed by atoms with Gasteiger partial charge in [-0.3, -0.25) is 4.79 Å². The molecule has 1 N–H and O–H groups in total. The number of benzene rings is 1. The van der Waals surface area contributed by atoms with Crippen LogP contribution in [0.5, 0.6) is 0 Å². The number of aryl methyl sites for hydroxylation is 2. The number of hydrogen-bond donors (Lipinski definition) is 1. The van der Waals surface area contributed by atoms with Gasteiger partial charge >= 0.3 is 0 Å². The number of nitrogens with one attached hydrogen (secondary N) is 1. The molecule has 0 saturated carbocycles. The fraction of sp³-hybridized carbons (Fsp3) is 0.467. The van der Waals surface area contributed by atoms with Gasteiger partial charge in [0.05, 0.1) is 18.0 Å². The number of rotatable bonds is 7. The zero-order valence-electron chi connectivity index (χ0n) is 13.7. The van der Waals surface area contributed by atoms with Gasteiger partial charge in [0, 0.05) is 13.2 Å². The zero-order chi connectivity index (χ0) is 16.8. The van der Waals surface area contributed by atoms with Crippen molar-refractivity contribution in [3.05, 3.63) is 29.3 Å². The Hall–Kier alpha value is -1.93. The van der Waals surface area contributed by atoms with Crippen molar-refractivity contribution in [3.8, 4) is 5.69 Å². The smallest absolute Gasteiger partial charge is 0.230 e. The molecular weight excluding hydrogens is 314 g/mol. The van der Waals surface area contributed by atoms with E-state index in [0.29, 0.717) is 11.8 Å². The predicted octanol–water partition coefficient (Wildman–Crippen LogP) is 1.52. The average Bonchev–Trinajstić information content (AvgIpc) is 2.93. The van der Waals surface area contributed by atoms with Crippen LogP contribution in [-0.2, 0) is 9.53 Å². The first-order chi connectivity index (χ1) is 11.0. The van der Waals surface area contributed by atoms with Crippen molar-refractivity contribution in [1.29, 1.82) is 0 Å². The number of amides is 1. The number of aromatic nitrogens is 4. The maximum atomic E-state index is 11.9. The lowest BCUT2D eigenvalue weighted by molar-refractivity contribution is -0.119. The molecule has 1 aromatic heterocycles. The fourth-order valence-corrected chi connectivity index (χ4v) is 2.90. The highest BCUT2D eigenvalue weighted by molar-refractivity contribution is 7.99. The van der Waals surface area contributed by atoms with E-state index in [9.17, 15) is 4.79 Å². The molecule has 2 aromatic rings. The first kappa shape index (κ1) is 17.4. The molecule has 0 spiro atoms. The summed E-state index contributed by atoms with van der Waals surface area (Å²) in [6.07, 6.45) is 0. The van der Waals surface area contributed by atoms with E-state index >= 15 is 0 Å². The molecule has 1 aromatic carbocycles. The molecular formula is C15H21N5O2S. The maximum Gasteiger partial charge on any atom is 0.230 e. The molecule has 0 aliphatic heterocycles. The summed E-state index contributed by atoms with van der Waals surface area (Å²) in [7, 11) is 1.61. The first-order valence-electron chi connectivity index (χ1n) is 7.28. The van der Waals surface area contributed by atoms with E-state index in [2.05, 4.69) is 26.9 Å². The summed E-state index contributed by atoms with van der Waals surface area (Å²) in [6.45, 7) is 6.43. The van der Waals surface area contributed by atoms with Gasteiger partial charge in [0.1, 0.15) is 0 Å². The number of carbonyl (C=O) groups excluding carboxylic acids is 1. The highest BCUT2D eigenvalue weighted by Crippen LogP contribution is 2.21. The second-order valence-electron chi connectivity index (χ2n) is 5.38. The van der Waals surface area contributed by atoms with Gasteiger partial charge in [-0.1, -0.05) is 29.5 Å². The van der Waals surface area contributed by atoms with Crippen molar-refractivity contribution < 1.29 is 9.53 Å². The Kier molecular flexibility index (Phi) is 6.12. The van der Waals surface area contributed by atoms with Crippen LogP contribution in [0.3, 0.4) is 0 Å². The number of thioether (sulfide) groups is 1. The summed E-state index contributed by atoms with van der Waals surface area (Å²) in [5, 5.41) is 15.2. The molecule has 0 fully saturated rings. The quantitative estimate of drug-likeness (QED) is 0.773. The van der Waals surface area contributed by atoms with Crippen LogP contribution in [0.15, 0.2) is 23.4 Å². The average molecular weight is 335 g/mol. The van der Waals surface area contributed by atoms with Gasteiger partial charge in [-0.25, -0.2) is 0 Å². The third-order valence-corrected chi connectivity index (χ3v) is 4.10. The highest BCUT2D eigenvalue weighted by atomic mass is 32.2. The van der Waals surface area contributed by atoms with Gasteiger partial charge in [-0.2, -0.15) is 4.68 Å². The van der Waals surface area contributed by atoms with E-state index in [1.54, 1.807) is 11.8 Å². The zero-order valence-corrected chi connectivity index (χ0v) is 14.6. The van der Waals surface area contributed by atoms with Crippen molar-refractivity contribution in [1.82, 2.24) is 25.5 Å². The van der Waals surface area contributed by atoms with Gasteiger partial charge in [0.25, 0.3) is 0 Å². The Morgan fingerprint density at radius 1 is 1.43 bits per heavy atom. The molecule has 0 radical (unpaired) electrons. The van der Waals surface area contributed by atoms with Gasteiger partial charge in [0.15, 0.2) is 0 Å². The van der Waals surface area contributed by atoms with Crippen LogP contribution in [0.2, 0.25) is 0 Å². The molecule has 0 aliphatic rings. The molecule has 1 amide bonds. The molecule has 0 aliphatic carbocycles. The normalized spacial score (nSPS) is 12.2. The summed E-state index contributed by atoms with van der Waals surface area (Å²) in [6, 6.07) is 6.04. The molecule has 2 rings (SSSR count). The number of nitrogens with zero attached hydrogens (tertiary/aromatic N) is 4. The summed E-state index contributed by atoms with van der Waals surface area (Å²) < 4.78 is 6.65. The van der Waals surface area contributed by atoms with E-state index in [1.807, 2.05) is 32.9 Å². The van der Waals surface area contributed by atoms with Crippen molar-refractivity contribution in [2.24, 2.45) is 0 Å². The van der Waals surface area contributed by atoms with Gasteiger partial charge in [-0.05, 0) is 42.8 Å². The summed E-state index contributed by atoms with van der Waals surface area (Å²) >= 11 is 1.30. The van der Waals surface area contributed by atoms with E-state index in [-0.39, 0.29) is 17.7 Å². The lowest BCUT2D eigenvalue weighted by atomic mass is 10.1. The van der Waals surface area contributed by atoms with Crippen LogP contribution >= 0.6 is 11.8 Å². The van der Waals surface area contributed by atoms with Crippen LogP contribution in [0.1, 0.15) is 18.1 Å². The summed E-state index contributed by atoms with van der Waals surface area (Å²) in [5.41, 5.74) is 3.17. The van der Waals surface area contributed by atoms with Crippen molar-refractivity contribution in [2.45, 2.75) is 32.0 Å². The minimum absolute atomic E-state index is 0.0246. The largest absolute Gasteiger partial charge is 0.383 e. The summed E-state index contributed by atoms with van der Waals surface area (Å²) in [5.74, 6) is 0.175. The van der Waals surface area contributed by atoms with E-state index < -0.39 is 0 Å². The first-order valence-corrected chi connectivity index (χ1v) is 8.27. The van der Waals surface area contributed by atoms with E-state index in [0.717, 1.165) is 11.3 Å². The Morgan fingerprint density at radius 2 is 2.22 bits per heavy atom. The second kappa shape index (κ2) is 8.07. The van der Waals surface area contributed by atoms with Crippen LogP contribution in [0, 0.1) is 13.8 Å². The molecule has 124 valence electrons. The molecule has 23 heavy (non-hydrogen) atoms. The number of carbonyl (C=O) groups is 1. The van der Waals surface area contributed by atoms with Crippen LogP contribution in [0.4, 0.5) is 0 Å². The second-order valence-corrected chi connectivity index (χ2v) is 6.32. The van der Waals surface area contributed by atoms with Gasteiger partial charge < -0.3 is 10.1 Å². The molecule has 1 unspecified atom stereocenters. The number of hydrogen-bond acceptors (Lipinski definition) is 6. The number of tetrazole rings is 1. The lowest BCUT2D eigenvalue weighted by Crippen LogP contribution is -2.36. The number of methoxy groups -OCH3 is 1. The van der Waals surface area contributed by atoms with Crippen LogP contribution in [0.25, 0.3) is 5.69 Å². The monoisotopic (exact) mass is 335 g/mol. The molecule has 1 heterocycles. The van der Waals surface area contributed by atoms with Gasteiger partial charge in [-0.15, -0.1) is 5.10 Å². The fourth-order valence-electron chi connectivity index (χ4n) is 2.20. The summed E-state index contributed by atoms with van der Waals surface area (Å²) in [4.78, 5) is 11.9. The SMILES string of the molecule is COCC(C)NC(=O)CSc1nnnn1-c1ccc(C)cc1C. The molecule has 0 bridgehead atoms. The van der Waals surface area contributed by atoms with Crippen molar-refractivity contribution >= 4 is 17.7 Å².